The lowest BCUT2D eigenvalue weighted by Crippen LogP contribution is -2.42. The summed E-state index contributed by atoms with van der Waals surface area (Å²) in [5.74, 6) is -9.90. The Morgan fingerprint density at radius 3 is 2.17 bits per heavy atom. The minimum atomic E-state index is -4.75. The van der Waals surface area contributed by atoms with Gasteiger partial charge in [0.05, 0.1) is 23.4 Å². The van der Waals surface area contributed by atoms with Crippen LogP contribution in [0.1, 0.15) is 19.4 Å². The van der Waals surface area contributed by atoms with Gasteiger partial charge in [-0.15, -0.1) is 0 Å². The molecule has 1 N–H and O–H groups in total. The topological polar surface area (TPSA) is 107 Å². The Hall–Kier alpha value is -3.01. The first kappa shape index (κ1) is 24.0. The highest BCUT2D eigenvalue weighted by atomic mass is 35.5. The highest BCUT2D eigenvalue weighted by molar-refractivity contribution is 6.55. The summed E-state index contributed by atoms with van der Waals surface area (Å²) in [5.41, 5.74) is -1.36. The number of methoxy groups -OCH3 is 1. The molecule has 0 aliphatic carbocycles. The van der Waals surface area contributed by atoms with Crippen LogP contribution in [0.25, 0.3) is 0 Å². The standard InChI is InChI=1S/C18H15ClF3NO6/c1-8(2)6-12(24)13(15(26)17(28)29-3)14(25)16(27)23-11-7-9(18(20,21)22)4-5-10(11)19/h4-7,13H,1-3H3,(H,23,27)/t13-/m1/s1. The van der Waals surface area contributed by atoms with Crippen molar-refractivity contribution in [1.29, 1.82) is 0 Å². The van der Waals surface area contributed by atoms with Crippen molar-refractivity contribution in [3.05, 3.63) is 40.4 Å². The molecule has 0 aliphatic rings. The molecule has 0 unspecified atom stereocenters. The first-order chi connectivity index (χ1) is 13.3. The summed E-state index contributed by atoms with van der Waals surface area (Å²) >= 11 is 5.73. The lowest BCUT2D eigenvalue weighted by Gasteiger charge is -2.13. The number of Topliss-reactive ketones (excluding diaryl/α,β-unsaturated/α-hetero) is 2. The van der Waals surface area contributed by atoms with E-state index in [1.807, 2.05) is 5.32 Å². The smallest absolute Gasteiger partial charge is 0.416 e. The van der Waals surface area contributed by atoms with Crippen LogP contribution in [0, 0.1) is 5.92 Å². The Bertz CT molecular complexity index is 903. The number of ether oxygens (including phenoxy) is 1. The van der Waals surface area contributed by atoms with Gasteiger partial charge in [-0.05, 0) is 38.1 Å². The molecule has 0 saturated carbocycles. The van der Waals surface area contributed by atoms with Gasteiger partial charge in [0.2, 0.25) is 5.78 Å². The number of allylic oxidation sites excluding steroid dienone is 2. The number of rotatable bonds is 7. The van der Waals surface area contributed by atoms with Crippen LogP contribution >= 0.6 is 11.6 Å². The molecule has 0 aromatic heterocycles. The highest BCUT2D eigenvalue weighted by Gasteiger charge is 2.41. The quantitative estimate of drug-likeness (QED) is 0.307. The lowest BCUT2D eigenvalue weighted by molar-refractivity contribution is -0.157. The van der Waals surface area contributed by atoms with Gasteiger partial charge in [-0.1, -0.05) is 17.2 Å². The van der Waals surface area contributed by atoms with E-state index < -0.39 is 52.6 Å². The van der Waals surface area contributed by atoms with Crippen molar-refractivity contribution < 1.29 is 41.9 Å². The SMILES string of the molecule is COC(=O)C(=O)[C@H](C(=O)C=C(C)C)C(=O)C(=O)Nc1cc(C(F)(F)F)ccc1Cl. The molecule has 1 aromatic carbocycles. The average Bonchev–Trinajstić information content (AvgIpc) is 2.60. The number of anilines is 1. The zero-order valence-corrected chi connectivity index (χ0v) is 16.1. The van der Waals surface area contributed by atoms with Crippen molar-refractivity contribution in [3.8, 4) is 0 Å². The van der Waals surface area contributed by atoms with Crippen LogP contribution in [0.3, 0.4) is 0 Å². The average molecular weight is 434 g/mol. The van der Waals surface area contributed by atoms with Crippen LogP contribution < -0.4 is 5.32 Å². The monoisotopic (exact) mass is 433 g/mol. The van der Waals surface area contributed by atoms with Crippen LogP contribution in [-0.2, 0) is 34.9 Å². The number of hydrogen-bond donors (Lipinski definition) is 1. The Morgan fingerprint density at radius 2 is 1.69 bits per heavy atom. The Kier molecular flexibility index (Phi) is 7.84. The van der Waals surface area contributed by atoms with Gasteiger partial charge in [-0.25, -0.2) is 4.79 Å². The van der Waals surface area contributed by atoms with Crippen molar-refractivity contribution in [2.45, 2.75) is 20.0 Å². The second kappa shape index (κ2) is 9.46. The summed E-state index contributed by atoms with van der Waals surface area (Å²) in [5, 5.41) is 1.50. The normalized spacial score (nSPS) is 11.8. The first-order valence-corrected chi connectivity index (χ1v) is 8.20. The molecular formula is C18H15ClF3NO6. The second-order valence-corrected chi connectivity index (χ2v) is 6.33. The molecule has 1 aromatic rings. The number of halogens is 4. The van der Waals surface area contributed by atoms with Gasteiger partial charge in [0.1, 0.15) is 0 Å². The van der Waals surface area contributed by atoms with Crippen molar-refractivity contribution in [2.75, 3.05) is 12.4 Å². The third kappa shape index (κ3) is 6.24. The molecule has 0 bridgehead atoms. The largest absolute Gasteiger partial charge is 0.463 e. The maximum absolute atomic E-state index is 12.8. The molecule has 29 heavy (non-hydrogen) atoms. The first-order valence-electron chi connectivity index (χ1n) is 7.82. The summed E-state index contributed by atoms with van der Waals surface area (Å²) in [7, 11) is 0.829. The van der Waals surface area contributed by atoms with E-state index in [2.05, 4.69) is 4.74 Å². The van der Waals surface area contributed by atoms with Crippen LogP contribution in [0.15, 0.2) is 29.8 Å². The summed E-state index contributed by atoms with van der Waals surface area (Å²) < 4.78 is 42.6. The molecule has 7 nitrogen and oxygen atoms in total. The van der Waals surface area contributed by atoms with Crippen LogP contribution in [0.2, 0.25) is 5.02 Å². The number of esters is 1. The molecular weight excluding hydrogens is 419 g/mol. The number of ketones is 3. The number of nitrogens with one attached hydrogen (secondary N) is 1. The zero-order valence-electron chi connectivity index (χ0n) is 15.3. The summed E-state index contributed by atoms with van der Waals surface area (Å²) in [6.45, 7) is 2.93. The number of alkyl halides is 3. The number of carbonyl (C=O) groups excluding carboxylic acids is 5. The second-order valence-electron chi connectivity index (χ2n) is 5.92. The van der Waals surface area contributed by atoms with E-state index in [0.717, 1.165) is 19.3 Å². The van der Waals surface area contributed by atoms with Crippen molar-refractivity contribution in [1.82, 2.24) is 0 Å². The Morgan fingerprint density at radius 1 is 1.10 bits per heavy atom. The summed E-state index contributed by atoms with van der Waals surface area (Å²) in [6, 6.07) is 1.97. The molecule has 1 amide bonds. The van der Waals surface area contributed by atoms with E-state index in [9.17, 15) is 37.1 Å². The van der Waals surface area contributed by atoms with E-state index >= 15 is 0 Å². The summed E-state index contributed by atoms with van der Waals surface area (Å²) in [6.07, 6.45) is -3.88. The van der Waals surface area contributed by atoms with Crippen LogP contribution in [-0.4, -0.2) is 36.3 Å². The van der Waals surface area contributed by atoms with Gasteiger partial charge in [0.25, 0.3) is 11.7 Å². The number of benzene rings is 1. The number of amides is 1. The van der Waals surface area contributed by atoms with Gasteiger partial charge in [0, 0.05) is 0 Å². The van der Waals surface area contributed by atoms with Gasteiger partial charge in [-0.3, -0.25) is 19.2 Å². The maximum Gasteiger partial charge on any atom is 0.416 e. The molecule has 0 saturated heterocycles. The van der Waals surface area contributed by atoms with E-state index in [1.54, 1.807) is 0 Å². The maximum atomic E-state index is 12.8. The molecule has 156 valence electrons. The Balaban J connectivity index is 3.26. The third-order valence-electron chi connectivity index (χ3n) is 3.39. The number of hydrogen-bond acceptors (Lipinski definition) is 6. The fourth-order valence-electron chi connectivity index (χ4n) is 2.08. The van der Waals surface area contributed by atoms with Crippen LogP contribution in [0.5, 0.6) is 0 Å². The van der Waals surface area contributed by atoms with Crippen molar-refractivity contribution >= 4 is 46.5 Å². The molecule has 1 atom stereocenters. The van der Waals surface area contributed by atoms with Gasteiger partial charge < -0.3 is 10.1 Å². The molecule has 0 aliphatic heterocycles. The fourth-order valence-corrected chi connectivity index (χ4v) is 2.24. The van der Waals surface area contributed by atoms with Gasteiger partial charge in [0.15, 0.2) is 11.7 Å². The third-order valence-corrected chi connectivity index (χ3v) is 3.72. The molecule has 0 spiro atoms. The molecule has 0 radical (unpaired) electrons. The van der Waals surface area contributed by atoms with Gasteiger partial charge in [-0.2, -0.15) is 13.2 Å². The zero-order chi connectivity index (χ0) is 22.5. The van der Waals surface area contributed by atoms with Gasteiger partial charge >= 0.3 is 12.1 Å². The molecule has 0 heterocycles. The minimum Gasteiger partial charge on any atom is -0.463 e. The Labute approximate surface area is 167 Å². The van der Waals surface area contributed by atoms with E-state index in [-0.39, 0.29) is 5.02 Å². The molecule has 1 rings (SSSR count). The van der Waals surface area contributed by atoms with Crippen LogP contribution in [0.4, 0.5) is 18.9 Å². The van der Waals surface area contributed by atoms with E-state index in [4.69, 9.17) is 11.6 Å². The predicted octanol–water partition coefficient (Wildman–Crippen LogP) is 2.76. The van der Waals surface area contributed by atoms with Crippen molar-refractivity contribution in [3.63, 3.8) is 0 Å². The van der Waals surface area contributed by atoms with E-state index in [0.29, 0.717) is 17.7 Å². The van der Waals surface area contributed by atoms with E-state index in [1.165, 1.54) is 13.8 Å². The van der Waals surface area contributed by atoms with Crippen molar-refractivity contribution in [2.24, 2.45) is 5.92 Å². The molecule has 11 heteroatoms. The summed E-state index contributed by atoms with van der Waals surface area (Å²) in [4.78, 5) is 60.3. The highest BCUT2D eigenvalue weighted by Crippen LogP contribution is 2.33. The lowest BCUT2D eigenvalue weighted by atomic mass is 9.92. The minimum absolute atomic E-state index is 0.328. The molecule has 0 fully saturated rings. The fraction of sp³-hybridized carbons (Fsp3) is 0.278. The number of carbonyl (C=O) groups is 5. The predicted molar refractivity (Wildman–Crippen MR) is 95.0 cm³/mol.